The number of hydrogen-bond donors (Lipinski definition) is 0. The number of fused-ring (bicyclic) bond motifs is 1. The number of rotatable bonds is 6. The molecule has 0 radical (unpaired) electrons. The van der Waals surface area contributed by atoms with Crippen molar-refractivity contribution in [1.29, 1.82) is 0 Å². The topological polar surface area (TPSA) is 28.2 Å². The normalized spacial score (nSPS) is 27.1. The molecule has 0 amide bonds. The van der Waals surface area contributed by atoms with Gasteiger partial charge in [-0.2, -0.15) is 0 Å². The summed E-state index contributed by atoms with van der Waals surface area (Å²) in [6.07, 6.45) is 6.35. The van der Waals surface area contributed by atoms with Crippen molar-refractivity contribution in [3.63, 3.8) is 0 Å². The fourth-order valence-electron chi connectivity index (χ4n) is 3.88. The fraction of sp³-hybridized carbons (Fsp3) is 0.684. The highest BCUT2D eigenvalue weighted by Gasteiger charge is 2.47. The van der Waals surface area contributed by atoms with Crippen LogP contribution in [0.5, 0.6) is 5.75 Å². The van der Waals surface area contributed by atoms with Gasteiger partial charge in [0.15, 0.2) is 5.72 Å². The standard InChI is InChI=1S/C19H28N2O2/c1-19(15-23-19)21-12-8-16-14-17(6-7-18(16)21)22-13-5-11-20-9-3-2-4-10-20/h6-7,14H,2-5,8-13,15H2,1H3. The number of anilines is 1. The highest BCUT2D eigenvalue weighted by Crippen LogP contribution is 2.41. The van der Waals surface area contributed by atoms with Crippen LogP contribution in [0, 0.1) is 0 Å². The van der Waals surface area contributed by atoms with Crippen molar-refractivity contribution in [2.45, 2.75) is 44.8 Å². The van der Waals surface area contributed by atoms with E-state index in [1.54, 1.807) is 0 Å². The number of epoxide rings is 1. The summed E-state index contributed by atoms with van der Waals surface area (Å²) in [6.45, 7) is 8.62. The molecule has 3 aliphatic rings. The second kappa shape index (κ2) is 6.33. The summed E-state index contributed by atoms with van der Waals surface area (Å²) >= 11 is 0. The van der Waals surface area contributed by atoms with Crippen LogP contribution < -0.4 is 9.64 Å². The maximum absolute atomic E-state index is 5.98. The molecule has 1 atom stereocenters. The molecule has 4 heteroatoms. The fourth-order valence-corrected chi connectivity index (χ4v) is 3.88. The maximum Gasteiger partial charge on any atom is 0.162 e. The van der Waals surface area contributed by atoms with Gasteiger partial charge in [-0.05, 0) is 69.5 Å². The average molecular weight is 316 g/mol. The Bertz CT molecular complexity index is 550. The highest BCUT2D eigenvalue weighted by atomic mass is 16.6. The van der Waals surface area contributed by atoms with Gasteiger partial charge in [0.05, 0.1) is 13.2 Å². The Morgan fingerprint density at radius 3 is 2.78 bits per heavy atom. The van der Waals surface area contributed by atoms with Crippen LogP contribution in [0.3, 0.4) is 0 Å². The third kappa shape index (κ3) is 3.33. The Labute approximate surface area is 139 Å². The van der Waals surface area contributed by atoms with Crippen molar-refractivity contribution in [1.82, 2.24) is 4.90 Å². The second-order valence-electron chi connectivity index (χ2n) is 7.26. The number of piperidine rings is 1. The van der Waals surface area contributed by atoms with Crippen LogP contribution in [0.2, 0.25) is 0 Å². The number of ether oxygens (including phenoxy) is 2. The van der Waals surface area contributed by atoms with Crippen LogP contribution in [0.25, 0.3) is 0 Å². The number of likely N-dealkylation sites (tertiary alicyclic amines) is 1. The first-order valence-corrected chi connectivity index (χ1v) is 9.14. The quantitative estimate of drug-likeness (QED) is 0.596. The van der Waals surface area contributed by atoms with E-state index in [9.17, 15) is 0 Å². The SMILES string of the molecule is CC1(N2CCc3cc(OCCCN4CCCCC4)ccc32)CO1. The summed E-state index contributed by atoms with van der Waals surface area (Å²) < 4.78 is 11.6. The van der Waals surface area contributed by atoms with E-state index in [-0.39, 0.29) is 5.72 Å². The zero-order valence-corrected chi connectivity index (χ0v) is 14.2. The molecule has 1 aromatic carbocycles. The predicted molar refractivity (Wildman–Crippen MR) is 92.3 cm³/mol. The molecular weight excluding hydrogens is 288 g/mol. The molecule has 3 heterocycles. The van der Waals surface area contributed by atoms with Gasteiger partial charge in [-0.15, -0.1) is 0 Å². The Balaban J connectivity index is 1.27. The number of nitrogens with zero attached hydrogens (tertiary/aromatic N) is 2. The Hall–Kier alpha value is -1.26. The van der Waals surface area contributed by atoms with Gasteiger partial charge in [0.1, 0.15) is 5.75 Å². The lowest BCUT2D eigenvalue weighted by molar-refractivity contribution is 0.205. The molecule has 2 fully saturated rings. The predicted octanol–water partition coefficient (Wildman–Crippen LogP) is 3.05. The van der Waals surface area contributed by atoms with E-state index >= 15 is 0 Å². The van der Waals surface area contributed by atoms with E-state index in [0.717, 1.165) is 38.3 Å². The van der Waals surface area contributed by atoms with Gasteiger partial charge in [-0.25, -0.2) is 0 Å². The summed E-state index contributed by atoms with van der Waals surface area (Å²) in [5.74, 6) is 1.02. The van der Waals surface area contributed by atoms with Gasteiger partial charge >= 0.3 is 0 Å². The second-order valence-corrected chi connectivity index (χ2v) is 7.26. The lowest BCUT2D eigenvalue weighted by atomic mass is 10.1. The van der Waals surface area contributed by atoms with Crippen molar-refractivity contribution < 1.29 is 9.47 Å². The average Bonchev–Trinajstić information content (AvgIpc) is 3.18. The summed E-state index contributed by atoms with van der Waals surface area (Å²) in [6, 6.07) is 6.54. The molecule has 0 bridgehead atoms. The van der Waals surface area contributed by atoms with E-state index in [1.165, 1.54) is 50.1 Å². The first kappa shape index (κ1) is 15.3. The van der Waals surface area contributed by atoms with E-state index in [0.29, 0.717) is 0 Å². The van der Waals surface area contributed by atoms with E-state index < -0.39 is 0 Å². The van der Waals surface area contributed by atoms with Crippen molar-refractivity contribution in [3.05, 3.63) is 23.8 Å². The first-order valence-electron chi connectivity index (χ1n) is 9.14. The van der Waals surface area contributed by atoms with E-state index in [2.05, 4.69) is 34.9 Å². The van der Waals surface area contributed by atoms with Gasteiger partial charge in [0.2, 0.25) is 0 Å². The molecule has 0 N–H and O–H groups in total. The lowest BCUT2D eigenvalue weighted by Crippen LogP contribution is -2.34. The summed E-state index contributed by atoms with van der Waals surface area (Å²) in [4.78, 5) is 4.96. The molecule has 4 nitrogen and oxygen atoms in total. The molecule has 126 valence electrons. The Morgan fingerprint density at radius 1 is 1.17 bits per heavy atom. The Morgan fingerprint density at radius 2 is 2.00 bits per heavy atom. The molecule has 0 aliphatic carbocycles. The molecule has 1 unspecified atom stereocenters. The summed E-state index contributed by atoms with van der Waals surface area (Å²) in [7, 11) is 0. The van der Waals surface area contributed by atoms with E-state index in [1.807, 2.05) is 0 Å². The maximum atomic E-state index is 5.98. The molecule has 0 saturated carbocycles. The monoisotopic (exact) mass is 316 g/mol. The largest absolute Gasteiger partial charge is 0.494 e. The van der Waals surface area contributed by atoms with Crippen molar-refractivity contribution in [2.24, 2.45) is 0 Å². The number of hydrogen-bond acceptors (Lipinski definition) is 4. The van der Waals surface area contributed by atoms with Crippen LogP contribution in [-0.2, 0) is 11.2 Å². The minimum atomic E-state index is -0.0535. The van der Waals surface area contributed by atoms with Crippen molar-refractivity contribution in [3.8, 4) is 5.75 Å². The summed E-state index contributed by atoms with van der Waals surface area (Å²) in [5.41, 5.74) is 2.67. The van der Waals surface area contributed by atoms with Crippen LogP contribution >= 0.6 is 0 Å². The molecule has 2 saturated heterocycles. The molecule has 4 rings (SSSR count). The first-order chi connectivity index (χ1) is 11.2. The highest BCUT2D eigenvalue weighted by molar-refractivity contribution is 5.62. The molecule has 0 spiro atoms. The third-order valence-corrected chi connectivity index (χ3v) is 5.42. The van der Waals surface area contributed by atoms with Crippen LogP contribution in [-0.4, -0.2) is 50.0 Å². The minimum absolute atomic E-state index is 0.0535. The lowest BCUT2D eigenvalue weighted by Gasteiger charge is -2.26. The molecule has 23 heavy (non-hydrogen) atoms. The molecule has 1 aromatic rings. The molecule has 3 aliphatic heterocycles. The van der Waals surface area contributed by atoms with Gasteiger partial charge in [-0.3, -0.25) is 0 Å². The Kier molecular flexibility index (Phi) is 4.20. The zero-order valence-electron chi connectivity index (χ0n) is 14.2. The van der Waals surface area contributed by atoms with Gasteiger partial charge in [-0.1, -0.05) is 6.42 Å². The van der Waals surface area contributed by atoms with Crippen LogP contribution in [0.4, 0.5) is 5.69 Å². The van der Waals surface area contributed by atoms with Gasteiger partial charge < -0.3 is 19.3 Å². The van der Waals surface area contributed by atoms with Gasteiger partial charge in [0.25, 0.3) is 0 Å². The van der Waals surface area contributed by atoms with E-state index in [4.69, 9.17) is 9.47 Å². The number of benzene rings is 1. The third-order valence-electron chi connectivity index (χ3n) is 5.42. The van der Waals surface area contributed by atoms with Crippen molar-refractivity contribution in [2.75, 3.05) is 44.3 Å². The smallest absolute Gasteiger partial charge is 0.162 e. The minimum Gasteiger partial charge on any atom is -0.494 e. The van der Waals surface area contributed by atoms with Crippen LogP contribution in [0.15, 0.2) is 18.2 Å². The van der Waals surface area contributed by atoms with Crippen LogP contribution in [0.1, 0.15) is 38.2 Å². The molecular formula is C19H28N2O2. The zero-order chi connectivity index (χ0) is 15.7. The van der Waals surface area contributed by atoms with Crippen molar-refractivity contribution >= 4 is 5.69 Å². The summed E-state index contributed by atoms with van der Waals surface area (Å²) in [5, 5.41) is 0. The van der Waals surface area contributed by atoms with Gasteiger partial charge in [0, 0.05) is 18.8 Å². The molecule has 0 aromatic heterocycles.